The van der Waals surface area contributed by atoms with Gasteiger partial charge in [-0.15, -0.1) is 24.0 Å². The standard InChI is InChI=1S/C18H30N4O.HI/c1-2-23-14-8-11-20-18(19)21-15-17(22-12-6-7-13-22)16-9-4-3-5-10-16;/h3-5,9-10,17H,2,6-8,11-15H2,1H3,(H3,19,20,21);1H. The molecule has 24 heavy (non-hydrogen) atoms. The van der Waals surface area contributed by atoms with Crippen molar-refractivity contribution in [1.29, 1.82) is 0 Å². The highest BCUT2D eigenvalue weighted by atomic mass is 127. The van der Waals surface area contributed by atoms with Crippen molar-refractivity contribution in [1.82, 2.24) is 10.2 Å². The molecule has 3 N–H and O–H groups in total. The van der Waals surface area contributed by atoms with Crippen LogP contribution in [0, 0.1) is 0 Å². The van der Waals surface area contributed by atoms with Crippen molar-refractivity contribution in [2.45, 2.75) is 32.2 Å². The Balaban J connectivity index is 0.00000288. The first-order chi connectivity index (χ1) is 11.3. The zero-order chi connectivity index (χ0) is 16.3. The lowest BCUT2D eigenvalue weighted by Crippen LogP contribution is -2.35. The van der Waals surface area contributed by atoms with E-state index in [2.05, 4.69) is 45.5 Å². The first kappa shape index (κ1) is 21.2. The van der Waals surface area contributed by atoms with Crippen molar-refractivity contribution in [2.75, 3.05) is 39.4 Å². The van der Waals surface area contributed by atoms with E-state index in [1.807, 2.05) is 6.92 Å². The molecule has 1 aliphatic heterocycles. The summed E-state index contributed by atoms with van der Waals surface area (Å²) < 4.78 is 5.31. The van der Waals surface area contributed by atoms with Crippen molar-refractivity contribution in [2.24, 2.45) is 10.7 Å². The minimum absolute atomic E-state index is 0. The zero-order valence-electron chi connectivity index (χ0n) is 14.6. The minimum atomic E-state index is 0. The van der Waals surface area contributed by atoms with Crippen LogP contribution in [0.25, 0.3) is 0 Å². The third-order valence-electron chi connectivity index (χ3n) is 4.18. The van der Waals surface area contributed by atoms with Crippen molar-refractivity contribution in [3.8, 4) is 0 Å². The molecule has 0 bridgehead atoms. The third kappa shape index (κ3) is 7.36. The summed E-state index contributed by atoms with van der Waals surface area (Å²) in [4.78, 5) is 7.08. The van der Waals surface area contributed by atoms with Crippen LogP contribution in [0.2, 0.25) is 0 Å². The largest absolute Gasteiger partial charge is 0.382 e. The van der Waals surface area contributed by atoms with Gasteiger partial charge in [-0.1, -0.05) is 30.3 Å². The molecule has 0 aromatic heterocycles. The van der Waals surface area contributed by atoms with Crippen LogP contribution in [-0.2, 0) is 4.74 Å². The average Bonchev–Trinajstić information content (AvgIpc) is 3.10. The van der Waals surface area contributed by atoms with E-state index in [4.69, 9.17) is 10.5 Å². The second-order valence-electron chi connectivity index (χ2n) is 5.87. The molecule has 1 heterocycles. The van der Waals surface area contributed by atoms with Crippen molar-refractivity contribution in [3.05, 3.63) is 35.9 Å². The molecule has 5 nitrogen and oxygen atoms in total. The molecule has 0 radical (unpaired) electrons. The van der Waals surface area contributed by atoms with Gasteiger partial charge < -0.3 is 15.8 Å². The summed E-state index contributed by atoms with van der Waals surface area (Å²) in [5.41, 5.74) is 7.31. The number of benzene rings is 1. The number of guanidine groups is 1. The zero-order valence-corrected chi connectivity index (χ0v) is 16.9. The van der Waals surface area contributed by atoms with Crippen LogP contribution in [0.15, 0.2) is 35.3 Å². The number of rotatable bonds is 9. The van der Waals surface area contributed by atoms with Crippen molar-refractivity contribution < 1.29 is 4.74 Å². The number of nitrogens with two attached hydrogens (primary N) is 1. The molecular weight excluding hydrogens is 415 g/mol. The van der Waals surface area contributed by atoms with E-state index in [0.717, 1.165) is 39.3 Å². The second-order valence-corrected chi connectivity index (χ2v) is 5.87. The fourth-order valence-corrected chi connectivity index (χ4v) is 2.94. The Labute approximate surface area is 163 Å². The van der Waals surface area contributed by atoms with Crippen LogP contribution >= 0.6 is 24.0 Å². The number of nitrogens with one attached hydrogen (secondary N) is 1. The number of hydrogen-bond donors (Lipinski definition) is 2. The maximum atomic E-state index is 5.99. The normalized spacial score (nSPS) is 16.6. The maximum Gasteiger partial charge on any atom is 0.188 e. The molecule has 1 unspecified atom stereocenters. The smallest absolute Gasteiger partial charge is 0.188 e. The Morgan fingerprint density at radius 2 is 2.00 bits per heavy atom. The number of hydrogen-bond acceptors (Lipinski definition) is 3. The van der Waals surface area contributed by atoms with Gasteiger partial charge >= 0.3 is 0 Å². The van der Waals surface area contributed by atoms with E-state index >= 15 is 0 Å². The lowest BCUT2D eigenvalue weighted by Gasteiger charge is -2.26. The topological polar surface area (TPSA) is 62.9 Å². The summed E-state index contributed by atoms with van der Waals surface area (Å²) in [6.45, 7) is 7.33. The molecule has 1 atom stereocenters. The molecule has 0 amide bonds. The highest BCUT2D eigenvalue weighted by molar-refractivity contribution is 14.0. The summed E-state index contributed by atoms with van der Waals surface area (Å²) >= 11 is 0. The van der Waals surface area contributed by atoms with E-state index in [1.54, 1.807) is 0 Å². The predicted octanol–water partition coefficient (Wildman–Crippen LogP) is 2.77. The van der Waals surface area contributed by atoms with Gasteiger partial charge in [0.1, 0.15) is 0 Å². The number of ether oxygens (including phenoxy) is 1. The highest BCUT2D eigenvalue weighted by Gasteiger charge is 2.22. The monoisotopic (exact) mass is 446 g/mol. The van der Waals surface area contributed by atoms with E-state index in [0.29, 0.717) is 18.5 Å². The van der Waals surface area contributed by atoms with Gasteiger partial charge in [-0.05, 0) is 44.8 Å². The lowest BCUT2D eigenvalue weighted by atomic mass is 10.1. The summed E-state index contributed by atoms with van der Waals surface area (Å²) in [6, 6.07) is 10.9. The maximum absolute atomic E-state index is 5.99. The number of aliphatic imine (C=N–C) groups is 1. The molecule has 1 fully saturated rings. The van der Waals surface area contributed by atoms with E-state index in [1.165, 1.54) is 18.4 Å². The Kier molecular flexibility index (Phi) is 11.0. The average molecular weight is 446 g/mol. The Bertz CT molecular complexity index is 463. The summed E-state index contributed by atoms with van der Waals surface area (Å²) in [5, 5.41) is 3.17. The third-order valence-corrected chi connectivity index (χ3v) is 4.18. The van der Waals surface area contributed by atoms with Crippen molar-refractivity contribution >= 4 is 29.9 Å². The van der Waals surface area contributed by atoms with Crippen molar-refractivity contribution in [3.63, 3.8) is 0 Å². The second kappa shape index (κ2) is 12.5. The summed E-state index contributed by atoms with van der Waals surface area (Å²) in [5.74, 6) is 0.529. The van der Waals surface area contributed by atoms with Gasteiger partial charge in [-0.25, -0.2) is 0 Å². The molecule has 136 valence electrons. The molecule has 1 aromatic rings. The van der Waals surface area contributed by atoms with E-state index < -0.39 is 0 Å². The van der Waals surface area contributed by atoms with Gasteiger partial charge in [-0.2, -0.15) is 0 Å². The molecule has 0 saturated carbocycles. The van der Waals surface area contributed by atoms with Gasteiger partial charge in [0, 0.05) is 19.8 Å². The van der Waals surface area contributed by atoms with Crippen LogP contribution in [0.1, 0.15) is 37.8 Å². The van der Waals surface area contributed by atoms with Crippen LogP contribution in [-0.4, -0.2) is 50.3 Å². The van der Waals surface area contributed by atoms with Crippen LogP contribution in [0.3, 0.4) is 0 Å². The Morgan fingerprint density at radius 3 is 2.67 bits per heavy atom. The molecule has 0 aliphatic carbocycles. The molecular formula is C18H31IN4O. The molecule has 0 spiro atoms. The first-order valence-corrected chi connectivity index (χ1v) is 8.71. The van der Waals surface area contributed by atoms with Crippen LogP contribution in [0.4, 0.5) is 0 Å². The first-order valence-electron chi connectivity index (χ1n) is 8.71. The Hall–Kier alpha value is -0.860. The Morgan fingerprint density at radius 1 is 1.29 bits per heavy atom. The van der Waals surface area contributed by atoms with Gasteiger partial charge in [0.2, 0.25) is 0 Å². The fraction of sp³-hybridized carbons (Fsp3) is 0.611. The van der Waals surface area contributed by atoms with Gasteiger partial charge in [0.15, 0.2) is 5.96 Å². The number of halogens is 1. The molecule has 1 aromatic carbocycles. The predicted molar refractivity (Wildman–Crippen MR) is 111 cm³/mol. The van der Waals surface area contributed by atoms with E-state index in [9.17, 15) is 0 Å². The quantitative estimate of drug-likeness (QED) is 0.265. The fourth-order valence-electron chi connectivity index (χ4n) is 2.94. The molecule has 1 saturated heterocycles. The van der Waals surface area contributed by atoms with Crippen LogP contribution in [0.5, 0.6) is 0 Å². The summed E-state index contributed by atoms with van der Waals surface area (Å²) in [6.07, 6.45) is 3.49. The lowest BCUT2D eigenvalue weighted by molar-refractivity contribution is 0.145. The molecule has 1 aliphatic rings. The van der Waals surface area contributed by atoms with E-state index in [-0.39, 0.29) is 24.0 Å². The highest BCUT2D eigenvalue weighted by Crippen LogP contribution is 2.25. The summed E-state index contributed by atoms with van der Waals surface area (Å²) in [7, 11) is 0. The van der Waals surface area contributed by atoms with Crippen LogP contribution < -0.4 is 11.1 Å². The van der Waals surface area contributed by atoms with Gasteiger partial charge in [-0.3, -0.25) is 9.89 Å². The number of nitrogens with zero attached hydrogens (tertiary/aromatic N) is 2. The van der Waals surface area contributed by atoms with Gasteiger partial charge in [0.25, 0.3) is 0 Å². The molecule has 6 heteroatoms. The molecule has 2 rings (SSSR count). The minimum Gasteiger partial charge on any atom is -0.382 e. The van der Waals surface area contributed by atoms with Gasteiger partial charge in [0.05, 0.1) is 12.6 Å². The SMILES string of the molecule is CCOCCCNC(N)=NCC(c1ccccc1)N1CCCC1.I. The number of likely N-dealkylation sites (tertiary alicyclic amines) is 1.